The van der Waals surface area contributed by atoms with E-state index in [4.69, 9.17) is 13.9 Å². The predicted molar refractivity (Wildman–Crippen MR) is 93.7 cm³/mol. The Morgan fingerprint density at radius 3 is 2.80 bits per heavy atom. The smallest absolute Gasteiger partial charge is 0.318 e. The number of furan rings is 1. The van der Waals surface area contributed by atoms with Crippen molar-refractivity contribution in [3.8, 4) is 5.75 Å². The molecule has 0 radical (unpaired) electrons. The number of amides is 2. The summed E-state index contributed by atoms with van der Waals surface area (Å²) >= 11 is 0. The van der Waals surface area contributed by atoms with Gasteiger partial charge in [0.05, 0.1) is 32.1 Å². The van der Waals surface area contributed by atoms with Crippen molar-refractivity contribution < 1.29 is 18.7 Å². The van der Waals surface area contributed by atoms with Crippen LogP contribution < -0.4 is 10.1 Å². The molecule has 0 saturated carbocycles. The van der Waals surface area contributed by atoms with Crippen molar-refractivity contribution in [1.29, 1.82) is 0 Å². The highest BCUT2D eigenvalue weighted by atomic mass is 16.5. The SMILES string of the molecule is COc1ccccc1[C@H](NC(=O)N1C[C@@H](C)OC[C@H]1C)c1ccco1. The zero-order valence-electron chi connectivity index (χ0n) is 14.8. The van der Waals surface area contributed by atoms with E-state index in [2.05, 4.69) is 5.32 Å². The van der Waals surface area contributed by atoms with Crippen LogP contribution in [0.3, 0.4) is 0 Å². The topological polar surface area (TPSA) is 63.9 Å². The maximum atomic E-state index is 12.9. The summed E-state index contributed by atoms with van der Waals surface area (Å²) in [5.41, 5.74) is 0.849. The molecule has 6 nitrogen and oxygen atoms in total. The minimum atomic E-state index is -0.427. The predicted octanol–water partition coefficient (Wildman–Crippen LogP) is 3.20. The minimum absolute atomic E-state index is 0.0196. The number of methoxy groups -OCH3 is 1. The number of hydrogen-bond donors (Lipinski definition) is 1. The first-order valence-corrected chi connectivity index (χ1v) is 8.45. The third-order valence-corrected chi connectivity index (χ3v) is 4.41. The lowest BCUT2D eigenvalue weighted by Crippen LogP contribution is -2.54. The third kappa shape index (κ3) is 3.79. The normalized spacial score (nSPS) is 21.6. The van der Waals surface area contributed by atoms with Crippen LogP contribution in [0.5, 0.6) is 5.75 Å². The largest absolute Gasteiger partial charge is 0.496 e. The molecule has 0 bridgehead atoms. The maximum Gasteiger partial charge on any atom is 0.318 e. The molecular weight excluding hydrogens is 320 g/mol. The second kappa shape index (κ2) is 7.61. The van der Waals surface area contributed by atoms with Gasteiger partial charge in [-0.3, -0.25) is 0 Å². The van der Waals surface area contributed by atoms with Crippen molar-refractivity contribution in [3.05, 3.63) is 54.0 Å². The number of carbonyl (C=O) groups is 1. The van der Waals surface area contributed by atoms with E-state index in [1.165, 1.54) is 0 Å². The monoisotopic (exact) mass is 344 g/mol. The molecule has 25 heavy (non-hydrogen) atoms. The molecule has 1 aliphatic rings. The summed E-state index contributed by atoms with van der Waals surface area (Å²) in [7, 11) is 1.62. The number of ether oxygens (including phenoxy) is 2. The zero-order valence-corrected chi connectivity index (χ0v) is 14.8. The summed E-state index contributed by atoms with van der Waals surface area (Å²) in [6, 6.07) is 10.7. The molecule has 2 heterocycles. The fourth-order valence-electron chi connectivity index (χ4n) is 3.06. The molecular formula is C19H24N2O4. The lowest BCUT2D eigenvalue weighted by atomic mass is 10.0. The fourth-order valence-corrected chi connectivity index (χ4v) is 3.06. The second-order valence-electron chi connectivity index (χ2n) is 6.29. The molecule has 1 saturated heterocycles. The molecule has 6 heteroatoms. The number of para-hydroxylation sites is 1. The zero-order chi connectivity index (χ0) is 17.8. The Labute approximate surface area is 147 Å². The van der Waals surface area contributed by atoms with Crippen molar-refractivity contribution in [2.75, 3.05) is 20.3 Å². The molecule has 134 valence electrons. The first-order chi connectivity index (χ1) is 12.1. The Hall–Kier alpha value is -2.47. The van der Waals surface area contributed by atoms with E-state index in [9.17, 15) is 4.79 Å². The van der Waals surface area contributed by atoms with E-state index in [1.54, 1.807) is 18.3 Å². The molecule has 2 amide bonds. The van der Waals surface area contributed by atoms with Gasteiger partial charge < -0.3 is 24.1 Å². The Morgan fingerprint density at radius 2 is 2.08 bits per heavy atom. The summed E-state index contributed by atoms with van der Waals surface area (Å²) in [5, 5.41) is 3.09. The molecule has 0 spiro atoms. The maximum absolute atomic E-state index is 12.9. The van der Waals surface area contributed by atoms with Gasteiger partial charge in [0.1, 0.15) is 17.6 Å². The van der Waals surface area contributed by atoms with E-state index in [1.807, 2.05) is 50.2 Å². The highest BCUT2D eigenvalue weighted by molar-refractivity contribution is 5.76. The van der Waals surface area contributed by atoms with Gasteiger partial charge in [0.15, 0.2) is 0 Å². The van der Waals surface area contributed by atoms with Crippen LogP contribution in [-0.4, -0.2) is 43.3 Å². The van der Waals surface area contributed by atoms with Gasteiger partial charge in [-0.15, -0.1) is 0 Å². The number of hydrogen-bond acceptors (Lipinski definition) is 4. The molecule has 1 aromatic carbocycles. The van der Waals surface area contributed by atoms with Crippen molar-refractivity contribution in [1.82, 2.24) is 10.2 Å². The van der Waals surface area contributed by atoms with Gasteiger partial charge in [0.2, 0.25) is 0 Å². The first kappa shape index (κ1) is 17.4. The van der Waals surface area contributed by atoms with Crippen LogP contribution in [0.2, 0.25) is 0 Å². The van der Waals surface area contributed by atoms with Crippen molar-refractivity contribution in [2.24, 2.45) is 0 Å². The van der Waals surface area contributed by atoms with Gasteiger partial charge in [0, 0.05) is 12.1 Å². The van der Waals surface area contributed by atoms with Crippen molar-refractivity contribution in [3.63, 3.8) is 0 Å². The number of nitrogens with zero attached hydrogens (tertiary/aromatic N) is 1. The van der Waals surface area contributed by atoms with E-state index in [-0.39, 0.29) is 18.2 Å². The highest BCUT2D eigenvalue weighted by Gasteiger charge is 2.31. The van der Waals surface area contributed by atoms with Crippen LogP contribution in [0, 0.1) is 0 Å². The van der Waals surface area contributed by atoms with Crippen LogP contribution in [0.4, 0.5) is 4.79 Å². The summed E-state index contributed by atoms with van der Waals surface area (Å²) in [6.45, 7) is 5.05. The van der Waals surface area contributed by atoms with Gasteiger partial charge in [-0.2, -0.15) is 0 Å². The van der Waals surface area contributed by atoms with E-state index in [0.717, 1.165) is 5.56 Å². The van der Waals surface area contributed by atoms with E-state index >= 15 is 0 Å². The number of carbonyl (C=O) groups excluding carboxylic acids is 1. The average Bonchev–Trinajstić information content (AvgIpc) is 3.16. The summed E-state index contributed by atoms with van der Waals surface area (Å²) in [5.74, 6) is 1.36. The Morgan fingerprint density at radius 1 is 1.28 bits per heavy atom. The highest BCUT2D eigenvalue weighted by Crippen LogP contribution is 2.30. The van der Waals surface area contributed by atoms with Gasteiger partial charge in [-0.25, -0.2) is 4.79 Å². The molecule has 3 atom stereocenters. The van der Waals surface area contributed by atoms with Crippen LogP contribution in [0.15, 0.2) is 47.1 Å². The standard InChI is InChI=1S/C19H24N2O4/c1-13-12-25-14(2)11-21(13)19(22)20-18(17-9-6-10-24-17)15-7-4-5-8-16(15)23-3/h4-10,13-14,18H,11-12H2,1-3H3,(H,20,22)/t13-,14-,18+/m1/s1. The van der Waals surface area contributed by atoms with Crippen molar-refractivity contribution in [2.45, 2.75) is 32.0 Å². The molecule has 2 aromatic rings. The fraction of sp³-hybridized carbons (Fsp3) is 0.421. The van der Waals surface area contributed by atoms with Gasteiger partial charge in [0.25, 0.3) is 0 Å². The molecule has 1 N–H and O–H groups in total. The number of urea groups is 1. The lowest BCUT2D eigenvalue weighted by Gasteiger charge is -2.37. The molecule has 1 fully saturated rings. The quantitative estimate of drug-likeness (QED) is 0.925. The van der Waals surface area contributed by atoms with Gasteiger partial charge in [-0.1, -0.05) is 18.2 Å². The summed E-state index contributed by atoms with van der Waals surface area (Å²) in [4.78, 5) is 14.7. The Kier molecular flexibility index (Phi) is 5.28. The van der Waals surface area contributed by atoms with E-state index < -0.39 is 6.04 Å². The lowest BCUT2D eigenvalue weighted by molar-refractivity contribution is -0.0320. The van der Waals surface area contributed by atoms with Gasteiger partial charge in [-0.05, 0) is 32.0 Å². The number of nitrogens with one attached hydrogen (secondary N) is 1. The number of morpholine rings is 1. The molecule has 0 aliphatic carbocycles. The van der Waals surface area contributed by atoms with Crippen LogP contribution in [0.1, 0.15) is 31.2 Å². The third-order valence-electron chi connectivity index (χ3n) is 4.41. The van der Waals surface area contributed by atoms with Gasteiger partial charge >= 0.3 is 6.03 Å². The molecule has 0 unspecified atom stereocenters. The average molecular weight is 344 g/mol. The number of benzene rings is 1. The molecule has 1 aliphatic heterocycles. The summed E-state index contributed by atoms with van der Waals surface area (Å²) < 4.78 is 16.6. The van der Waals surface area contributed by atoms with Crippen LogP contribution in [0.25, 0.3) is 0 Å². The molecule has 1 aromatic heterocycles. The van der Waals surface area contributed by atoms with Crippen molar-refractivity contribution >= 4 is 6.03 Å². The van der Waals surface area contributed by atoms with E-state index in [0.29, 0.717) is 24.7 Å². The molecule has 3 rings (SSSR count). The number of rotatable bonds is 4. The first-order valence-electron chi connectivity index (χ1n) is 8.45. The van der Waals surface area contributed by atoms with Crippen LogP contribution >= 0.6 is 0 Å². The second-order valence-corrected chi connectivity index (χ2v) is 6.29. The Balaban J connectivity index is 1.87. The Bertz CT molecular complexity index is 701. The minimum Gasteiger partial charge on any atom is -0.496 e. The summed E-state index contributed by atoms with van der Waals surface area (Å²) in [6.07, 6.45) is 1.62. The van der Waals surface area contributed by atoms with Crippen LogP contribution in [-0.2, 0) is 4.74 Å².